The molecule has 0 bridgehead atoms. The monoisotopic (exact) mass is 448 g/mol. The number of nitriles is 2. The number of methoxy groups -OCH3 is 2. The van der Waals surface area contributed by atoms with Crippen LogP contribution in [0.4, 0.5) is 5.69 Å². The third-order valence-corrected chi connectivity index (χ3v) is 5.25. The number of rotatable bonds is 4. The van der Waals surface area contributed by atoms with E-state index in [4.69, 9.17) is 26.8 Å². The molecule has 1 aliphatic heterocycles. The molecule has 0 amide bonds. The summed E-state index contributed by atoms with van der Waals surface area (Å²) in [6.07, 6.45) is 0. The highest BCUT2D eigenvalue weighted by Crippen LogP contribution is 2.44. The van der Waals surface area contributed by atoms with Crippen LogP contribution in [-0.4, -0.2) is 26.2 Å². The van der Waals surface area contributed by atoms with Crippen LogP contribution >= 0.6 is 11.6 Å². The topological polar surface area (TPSA) is 129 Å². The Hall–Kier alpha value is -4.27. The summed E-state index contributed by atoms with van der Waals surface area (Å²) in [5.74, 6) is -2.87. The van der Waals surface area contributed by atoms with E-state index in [1.54, 1.807) is 30.3 Å². The second kappa shape index (κ2) is 9.25. The Balaban J connectivity index is 2.46. The third kappa shape index (κ3) is 3.76. The number of nitrogens with two attached hydrogens (primary N) is 1. The molecule has 8 nitrogen and oxygen atoms in total. The Morgan fingerprint density at radius 2 is 1.69 bits per heavy atom. The summed E-state index contributed by atoms with van der Waals surface area (Å²) in [6.45, 7) is 0. The molecule has 9 heteroatoms. The smallest absolute Gasteiger partial charge is 0.355 e. The number of ether oxygens (including phenoxy) is 2. The zero-order valence-corrected chi connectivity index (χ0v) is 17.9. The minimum Gasteiger partial charge on any atom is -0.466 e. The average molecular weight is 449 g/mol. The fourth-order valence-corrected chi connectivity index (χ4v) is 3.72. The summed E-state index contributed by atoms with van der Waals surface area (Å²) in [5, 5.41) is 19.4. The van der Waals surface area contributed by atoms with E-state index in [9.17, 15) is 20.1 Å². The van der Waals surface area contributed by atoms with Crippen molar-refractivity contribution >= 4 is 29.2 Å². The van der Waals surface area contributed by atoms with Gasteiger partial charge in [-0.2, -0.15) is 10.5 Å². The van der Waals surface area contributed by atoms with Crippen molar-refractivity contribution in [3.63, 3.8) is 0 Å². The maximum atomic E-state index is 13.0. The van der Waals surface area contributed by atoms with Crippen LogP contribution in [0.3, 0.4) is 0 Å². The van der Waals surface area contributed by atoms with Crippen molar-refractivity contribution < 1.29 is 19.1 Å². The molecular weight excluding hydrogens is 432 g/mol. The van der Waals surface area contributed by atoms with Crippen LogP contribution in [0.5, 0.6) is 0 Å². The fraction of sp³-hybridized carbons (Fsp3) is 0.130. The van der Waals surface area contributed by atoms with E-state index in [-0.39, 0.29) is 38.9 Å². The minimum atomic E-state index is -0.989. The number of carbonyl (C=O) groups excluding carboxylic acids is 2. The molecule has 160 valence electrons. The predicted octanol–water partition coefficient (Wildman–Crippen LogP) is 3.11. The van der Waals surface area contributed by atoms with Crippen molar-refractivity contribution in [2.75, 3.05) is 19.1 Å². The van der Waals surface area contributed by atoms with Crippen molar-refractivity contribution in [2.24, 2.45) is 5.73 Å². The van der Waals surface area contributed by atoms with Crippen LogP contribution in [0, 0.1) is 22.7 Å². The molecule has 0 aliphatic carbocycles. The van der Waals surface area contributed by atoms with E-state index in [0.717, 1.165) is 19.1 Å². The van der Waals surface area contributed by atoms with Crippen LogP contribution in [0.15, 0.2) is 71.2 Å². The maximum absolute atomic E-state index is 13.0. The molecule has 2 N–H and O–H groups in total. The number of hydrogen-bond acceptors (Lipinski definition) is 8. The zero-order valence-electron chi connectivity index (χ0n) is 17.1. The Morgan fingerprint density at radius 1 is 1.03 bits per heavy atom. The standard InChI is InChI=1S/C23H17ClN4O4/c1-31-22(29)19-18(14-6-4-3-5-7-14)15(12-26)21(27)28(20(19)23(30)32-2)17-10-13(11-25)8-9-16(17)24/h3-10,18H,27H2,1-2H3. The van der Waals surface area contributed by atoms with E-state index >= 15 is 0 Å². The zero-order chi connectivity index (χ0) is 23.4. The van der Waals surface area contributed by atoms with E-state index in [1.165, 1.54) is 18.2 Å². The lowest BCUT2D eigenvalue weighted by Gasteiger charge is -2.36. The molecule has 1 atom stereocenters. The minimum absolute atomic E-state index is 0.00248. The van der Waals surface area contributed by atoms with E-state index < -0.39 is 17.9 Å². The van der Waals surface area contributed by atoms with Gasteiger partial charge in [-0.3, -0.25) is 4.90 Å². The van der Waals surface area contributed by atoms with Crippen LogP contribution < -0.4 is 10.6 Å². The largest absolute Gasteiger partial charge is 0.466 e. The molecule has 0 spiro atoms. The van der Waals surface area contributed by atoms with Crippen molar-refractivity contribution in [3.05, 3.63) is 87.3 Å². The molecule has 2 aromatic carbocycles. The summed E-state index contributed by atoms with van der Waals surface area (Å²) in [5.41, 5.74) is 6.89. The quantitative estimate of drug-likeness (QED) is 0.706. The second-order valence-electron chi connectivity index (χ2n) is 6.61. The molecule has 1 aliphatic rings. The Labute approximate surface area is 189 Å². The van der Waals surface area contributed by atoms with Crippen LogP contribution in [0.25, 0.3) is 0 Å². The van der Waals surface area contributed by atoms with Gasteiger partial charge in [-0.1, -0.05) is 41.9 Å². The Morgan fingerprint density at radius 3 is 2.25 bits per heavy atom. The summed E-state index contributed by atoms with van der Waals surface area (Å²) in [6, 6.07) is 17.0. The first-order valence-corrected chi connectivity index (χ1v) is 9.62. The number of allylic oxidation sites excluding steroid dienone is 1. The van der Waals surface area contributed by atoms with Gasteiger partial charge in [0.15, 0.2) is 0 Å². The summed E-state index contributed by atoms with van der Waals surface area (Å²) in [4.78, 5) is 27.1. The summed E-state index contributed by atoms with van der Waals surface area (Å²) >= 11 is 6.37. The first kappa shape index (κ1) is 22.4. The summed E-state index contributed by atoms with van der Waals surface area (Å²) in [7, 11) is 2.31. The highest BCUT2D eigenvalue weighted by molar-refractivity contribution is 6.33. The number of nitrogens with zero attached hydrogens (tertiary/aromatic N) is 3. The van der Waals surface area contributed by atoms with Gasteiger partial charge in [0, 0.05) is 0 Å². The number of esters is 2. The molecule has 1 unspecified atom stereocenters. The van der Waals surface area contributed by atoms with Crippen LogP contribution in [0.1, 0.15) is 17.0 Å². The lowest BCUT2D eigenvalue weighted by Crippen LogP contribution is -2.41. The van der Waals surface area contributed by atoms with Gasteiger partial charge < -0.3 is 15.2 Å². The normalized spacial score (nSPS) is 15.7. The number of hydrogen-bond donors (Lipinski definition) is 1. The SMILES string of the molecule is COC(=O)C1=C(C(=O)OC)N(c2cc(C#N)ccc2Cl)C(N)=C(C#N)C1c1ccccc1. The Bertz CT molecular complexity index is 1240. The first-order chi connectivity index (χ1) is 15.4. The van der Waals surface area contributed by atoms with Crippen LogP contribution in [-0.2, 0) is 19.1 Å². The second-order valence-corrected chi connectivity index (χ2v) is 7.02. The van der Waals surface area contributed by atoms with Crippen molar-refractivity contribution in [2.45, 2.75) is 5.92 Å². The molecule has 0 fully saturated rings. The van der Waals surface area contributed by atoms with E-state index in [0.29, 0.717) is 5.56 Å². The van der Waals surface area contributed by atoms with E-state index in [2.05, 4.69) is 0 Å². The molecule has 3 rings (SSSR count). The van der Waals surface area contributed by atoms with Gasteiger partial charge in [0.1, 0.15) is 11.5 Å². The molecule has 32 heavy (non-hydrogen) atoms. The molecule has 0 saturated heterocycles. The Kier molecular flexibility index (Phi) is 6.48. The molecular formula is C23H17ClN4O4. The van der Waals surface area contributed by atoms with Gasteiger partial charge in [-0.25, -0.2) is 9.59 Å². The van der Waals surface area contributed by atoms with Crippen LogP contribution in [0.2, 0.25) is 5.02 Å². The number of anilines is 1. The first-order valence-electron chi connectivity index (χ1n) is 9.24. The van der Waals surface area contributed by atoms with Crippen molar-refractivity contribution in [1.29, 1.82) is 10.5 Å². The molecule has 1 heterocycles. The average Bonchev–Trinajstić information content (AvgIpc) is 2.83. The number of carbonyl (C=O) groups is 2. The highest BCUT2D eigenvalue weighted by atomic mass is 35.5. The fourth-order valence-electron chi connectivity index (χ4n) is 3.52. The van der Waals surface area contributed by atoms with Gasteiger partial charge in [0.05, 0.1) is 59.7 Å². The number of benzene rings is 2. The predicted molar refractivity (Wildman–Crippen MR) is 116 cm³/mol. The van der Waals surface area contributed by atoms with Gasteiger partial charge in [-0.05, 0) is 23.8 Å². The lowest BCUT2D eigenvalue weighted by atomic mass is 9.81. The van der Waals surface area contributed by atoms with Gasteiger partial charge in [-0.15, -0.1) is 0 Å². The molecule has 0 saturated carbocycles. The third-order valence-electron chi connectivity index (χ3n) is 4.93. The van der Waals surface area contributed by atoms with Crippen molar-refractivity contribution in [1.82, 2.24) is 0 Å². The summed E-state index contributed by atoms with van der Waals surface area (Å²) < 4.78 is 9.91. The van der Waals surface area contributed by atoms with E-state index in [1.807, 2.05) is 12.1 Å². The number of halogens is 1. The molecule has 0 aromatic heterocycles. The molecule has 0 radical (unpaired) electrons. The highest BCUT2D eigenvalue weighted by Gasteiger charge is 2.43. The lowest BCUT2D eigenvalue weighted by molar-refractivity contribution is -0.139. The van der Waals surface area contributed by atoms with Crippen molar-refractivity contribution in [3.8, 4) is 12.1 Å². The van der Waals surface area contributed by atoms with Gasteiger partial charge in [0.2, 0.25) is 0 Å². The van der Waals surface area contributed by atoms with Gasteiger partial charge >= 0.3 is 11.9 Å². The molecule has 2 aromatic rings. The van der Waals surface area contributed by atoms with Gasteiger partial charge in [0.25, 0.3) is 0 Å². The maximum Gasteiger partial charge on any atom is 0.355 e.